The molecule has 1 aromatic carbocycles. The van der Waals surface area contributed by atoms with Crippen LogP contribution in [0, 0.1) is 5.92 Å². The first-order chi connectivity index (χ1) is 10.3. The number of methoxy groups -OCH3 is 1. The Labute approximate surface area is 129 Å². The Hall–Kier alpha value is -1.02. The lowest BCUT2D eigenvalue weighted by Gasteiger charge is -2.34. The number of nitrogens with one attached hydrogen (secondary N) is 1. The molecule has 116 valence electrons. The van der Waals surface area contributed by atoms with Crippen LogP contribution in [-0.2, 0) is 6.42 Å². The SMILES string of the molecule is COc1ccc2c(c1)C(N[C@@H](C)C1CCCCC1)CCC2. The van der Waals surface area contributed by atoms with Gasteiger partial charge in [0.1, 0.15) is 5.75 Å². The molecular weight excluding hydrogens is 258 g/mol. The summed E-state index contributed by atoms with van der Waals surface area (Å²) in [6.45, 7) is 2.39. The highest BCUT2D eigenvalue weighted by atomic mass is 16.5. The summed E-state index contributed by atoms with van der Waals surface area (Å²) in [5.41, 5.74) is 2.98. The zero-order chi connectivity index (χ0) is 14.7. The third-order valence-electron chi connectivity index (χ3n) is 5.49. The number of rotatable bonds is 4. The van der Waals surface area contributed by atoms with Crippen molar-refractivity contribution in [3.8, 4) is 5.75 Å². The van der Waals surface area contributed by atoms with Gasteiger partial charge >= 0.3 is 0 Å². The second kappa shape index (κ2) is 6.83. The summed E-state index contributed by atoms with van der Waals surface area (Å²) in [4.78, 5) is 0. The molecule has 1 unspecified atom stereocenters. The van der Waals surface area contributed by atoms with Crippen molar-refractivity contribution in [1.82, 2.24) is 5.32 Å². The van der Waals surface area contributed by atoms with Crippen molar-refractivity contribution in [2.45, 2.75) is 70.4 Å². The second-order valence-electron chi connectivity index (χ2n) is 6.86. The molecule has 0 heterocycles. The van der Waals surface area contributed by atoms with E-state index in [2.05, 4.69) is 30.4 Å². The van der Waals surface area contributed by atoms with Gasteiger partial charge < -0.3 is 10.1 Å². The van der Waals surface area contributed by atoms with Gasteiger partial charge in [-0.15, -0.1) is 0 Å². The largest absolute Gasteiger partial charge is 0.497 e. The highest BCUT2D eigenvalue weighted by Gasteiger charge is 2.26. The quantitative estimate of drug-likeness (QED) is 0.871. The van der Waals surface area contributed by atoms with Gasteiger partial charge in [0.15, 0.2) is 0 Å². The summed E-state index contributed by atoms with van der Waals surface area (Å²) in [5.74, 6) is 1.86. The van der Waals surface area contributed by atoms with Crippen LogP contribution in [0.2, 0.25) is 0 Å². The van der Waals surface area contributed by atoms with Crippen molar-refractivity contribution in [1.29, 1.82) is 0 Å². The molecule has 2 aliphatic carbocycles. The molecule has 0 radical (unpaired) electrons. The minimum absolute atomic E-state index is 0.515. The van der Waals surface area contributed by atoms with E-state index < -0.39 is 0 Å². The lowest BCUT2D eigenvalue weighted by atomic mass is 9.82. The Morgan fingerprint density at radius 3 is 2.67 bits per heavy atom. The van der Waals surface area contributed by atoms with Crippen LogP contribution in [0.3, 0.4) is 0 Å². The monoisotopic (exact) mass is 287 g/mol. The van der Waals surface area contributed by atoms with Gasteiger partial charge in [0.2, 0.25) is 0 Å². The van der Waals surface area contributed by atoms with E-state index in [0.29, 0.717) is 12.1 Å². The van der Waals surface area contributed by atoms with E-state index >= 15 is 0 Å². The molecule has 1 fully saturated rings. The highest BCUT2D eigenvalue weighted by molar-refractivity contribution is 5.39. The average Bonchev–Trinajstić information content (AvgIpc) is 2.55. The predicted octanol–water partition coefficient (Wildman–Crippen LogP) is 4.63. The summed E-state index contributed by atoms with van der Waals surface area (Å²) < 4.78 is 5.42. The Kier molecular flexibility index (Phi) is 4.84. The molecule has 2 heteroatoms. The first-order valence-electron chi connectivity index (χ1n) is 8.71. The topological polar surface area (TPSA) is 21.3 Å². The summed E-state index contributed by atoms with van der Waals surface area (Å²) in [6, 6.07) is 7.76. The minimum Gasteiger partial charge on any atom is -0.497 e. The summed E-state index contributed by atoms with van der Waals surface area (Å²) >= 11 is 0. The molecule has 0 spiro atoms. The predicted molar refractivity (Wildman–Crippen MR) is 87.8 cm³/mol. The van der Waals surface area contributed by atoms with E-state index in [1.54, 1.807) is 7.11 Å². The minimum atomic E-state index is 0.515. The van der Waals surface area contributed by atoms with E-state index in [9.17, 15) is 0 Å². The normalized spacial score (nSPS) is 24.4. The maximum atomic E-state index is 5.42. The molecule has 0 aliphatic heterocycles. The standard InChI is InChI=1S/C19H29NO/c1-14(15-7-4-3-5-8-15)20-19-10-6-9-16-11-12-17(21-2)13-18(16)19/h11-15,19-20H,3-10H2,1-2H3/t14-,19?/m0/s1. The fourth-order valence-corrected chi connectivity index (χ4v) is 4.16. The van der Waals surface area contributed by atoms with Gasteiger partial charge in [-0.2, -0.15) is 0 Å². The number of aryl methyl sites for hydroxylation is 1. The number of hydrogen-bond acceptors (Lipinski definition) is 2. The van der Waals surface area contributed by atoms with Crippen molar-refractivity contribution in [3.63, 3.8) is 0 Å². The van der Waals surface area contributed by atoms with Gasteiger partial charge in [0.05, 0.1) is 7.11 Å². The third-order valence-corrected chi connectivity index (χ3v) is 5.49. The van der Waals surface area contributed by atoms with Gasteiger partial charge in [-0.3, -0.25) is 0 Å². The number of fused-ring (bicyclic) bond motifs is 1. The maximum Gasteiger partial charge on any atom is 0.119 e. The second-order valence-corrected chi connectivity index (χ2v) is 6.86. The zero-order valence-electron chi connectivity index (χ0n) is 13.5. The van der Waals surface area contributed by atoms with Gasteiger partial charge in [-0.25, -0.2) is 0 Å². The number of ether oxygens (including phenoxy) is 1. The Morgan fingerprint density at radius 1 is 1.10 bits per heavy atom. The molecular formula is C19H29NO. The smallest absolute Gasteiger partial charge is 0.119 e. The van der Waals surface area contributed by atoms with Gasteiger partial charge in [-0.1, -0.05) is 25.3 Å². The van der Waals surface area contributed by atoms with Gasteiger partial charge in [0, 0.05) is 12.1 Å². The molecule has 1 N–H and O–H groups in total. The molecule has 0 bridgehead atoms. The zero-order valence-corrected chi connectivity index (χ0v) is 13.5. The fraction of sp³-hybridized carbons (Fsp3) is 0.684. The molecule has 21 heavy (non-hydrogen) atoms. The first kappa shape index (κ1) is 14.9. The van der Waals surface area contributed by atoms with Crippen LogP contribution in [0.1, 0.15) is 69.0 Å². The molecule has 0 amide bonds. The lowest BCUT2D eigenvalue weighted by Crippen LogP contribution is -2.38. The van der Waals surface area contributed by atoms with E-state index in [1.165, 1.54) is 62.5 Å². The molecule has 0 aromatic heterocycles. The van der Waals surface area contributed by atoms with Crippen LogP contribution in [-0.4, -0.2) is 13.2 Å². The Balaban J connectivity index is 1.71. The van der Waals surface area contributed by atoms with Gasteiger partial charge in [-0.05, 0) is 68.2 Å². The number of hydrogen-bond donors (Lipinski definition) is 1. The van der Waals surface area contributed by atoms with Crippen molar-refractivity contribution < 1.29 is 4.74 Å². The molecule has 3 rings (SSSR count). The van der Waals surface area contributed by atoms with Crippen LogP contribution in [0.15, 0.2) is 18.2 Å². The molecule has 1 aromatic rings. The third kappa shape index (κ3) is 3.42. The maximum absolute atomic E-state index is 5.42. The fourth-order valence-electron chi connectivity index (χ4n) is 4.16. The summed E-state index contributed by atoms with van der Waals surface area (Å²) in [6.07, 6.45) is 10.9. The van der Waals surface area contributed by atoms with E-state index in [1.807, 2.05) is 0 Å². The molecule has 2 aliphatic rings. The van der Waals surface area contributed by atoms with Crippen LogP contribution in [0.25, 0.3) is 0 Å². The highest BCUT2D eigenvalue weighted by Crippen LogP contribution is 2.34. The van der Waals surface area contributed by atoms with E-state index in [-0.39, 0.29) is 0 Å². The van der Waals surface area contributed by atoms with Crippen LogP contribution < -0.4 is 10.1 Å². The summed E-state index contributed by atoms with van der Waals surface area (Å²) in [7, 11) is 1.76. The van der Waals surface area contributed by atoms with Crippen molar-refractivity contribution >= 4 is 0 Å². The van der Waals surface area contributed by atoms with Gasteiger partial charge in [0.25, 0.3) is 0 Å². The number of benzene rings is 1. The summed E-state index contributed by atoms with van der Waals surface area (Å²) in [5, 5.41) is 3.94. The van der Waals surface area contributed by atoms with Crippen LogP contribution in [0.5, 0.6) is 5.75 Å². The van der Waals surface area contributed by atoms with Crippen molar-refractivity contribution in [2.24, 2.45) is 5.92 Å². The Bertz CT molecular complexity index is 465. The molecule has 1 saturated carbocycles. The molecule has 2 atom stereocenters. The lowest BCUT2D eigenvalue weighted by molar-refractivity contribution is 0.256. The van der Waals surface area contributed by atoms with E-state index in [0.717, 1.165) is 11.7 Å². The Morgan fingerprint density at radius 2 is 1.90 bits per heavy atom. The van der Waals surface area contributed by atoms with Crippen molar-refractivity contribution in [2.75, 3.05) is 7.11 Å². The van der Waals surface area contributed by atoms with Crippen molar-refractivity contribution in [3.05, 3.63) is 29.3 Å². The van der Waals surface area contributed by atoms with Crippen LogP contribution >= 0.6 is 0 Å². The average molecular weight is 287 g/mol. The molecule has 0 saturated heterocycles. The van der Waals surface area contributed by atoms with Crippen LogP contribution in [0.4, 0.5) is 0 Å². The van der Waals surface area contributed by atoms with E-state index in [4.69, 9.17) is 4.74 Å². The molecule has 2 nitrogen and oxygen atoms in total. The first-order valence-corrected chi connectivity index (χ1v) is 8.71.